The number of nitrogens with two attached hydrogens (primary N) is 1. The number of aromatic nitrogens is 3. The molecule has 2 saturated heterocycles. The molecule has 0 radical (unpaired) electrons. The van der Waals surface area contributed by atoms with Crippen LogP contribution in [0.1, 0.15) is 61.1 Å². The number of amides is 2. The normalized spacial score (nSPS) is 17.4. The van der Waals surface area contributed by atoms with Gasteiger partial charge in [0.1, 0.15) is 0 Å². The summed E-state index contributed by atoms with van der Waals surface area (Å²) >= 11 is 0. The first-order chi connectivity index (χ1) is 22.4. The van der Waals surface area contributed by atoms with E-state index in [0.29, 0.717) is 19.1 Å². The fourth-order valence-corrected chi connectivity index (χ4v) is 6.71. The summed E-state index contributed by atoms with van der Waals surface area (Å²) in [5, 5.41) is 15.6. The molecule has 10 nitrogen and oxygen atoms in total. The number of fused-ring (bicyclic) bond motifs is 1. The number of likely N-dealkylation sites (tertiary alicyclic amines) is 1. The van der Waals surface area contributed by atoms with Crippen LogP contribution in [0.3, 0.4) is 0 Å². The van der Waals surface area contributed by atoms with Gasteiger partial charge in [-0.1, -0.05) is 37.3 Å². The number of pyridine rings is 1. The number of aryl methyl sites for hydroxylation is 3. The van der Waals surface area contributed by atoms with Crippen molar-refractivity contribution in [1.82, 2.24) is 30.3 Å². The third kappa shape index (κ3) is 7.35. The number of hydrogen-bond donors (Lipinski definition) is 4. The van der Waals surface area contributed by atoms with E-state index in [2.05, 4.69) is 89.2 Å². The van der Waals surface area contributed by atoms with E-state index in [1.807, 2.05) is 10.9 Å². The summed E-state index contributed by atoms with van der Waals surface area (Å²) in [6, 6.07) is 15.5. The molecule has 4 aromatic rings. The summed E-state index contributed by atoms with van der Waals surface area (Å²) in [6.45, 7) is 12.3. The van der Waals surface area contributed by atoms with Crippen molar-refractivity contribution in [3.05, 3.63) is 76.6 Å². The van der Waals surface area contributed by atoms with Crippen molar-refractivity contribution >= 4 is 22.8 Å². The molecule has 5 N–H and O–H groups in total. The first-order valence-corrected chi connectivity index (χ1v) is 16.8. The number of ether oxygens (including phenoxy) is 1. The van der Waals surface area contributed by atoms with Crippen LogP contribution in [-0.4, -0.2) is 64.1 Å². The highest BCUT2D eigenvalue weighted by molar-refractivity contribution is 5.92. The van der Waals surface area contributed by atoms with Crippen molar-refractivity contribution in [2.75, 3.05) is 31.6 Å². The van der Waals surface area contributed by atoms with Crippen molar-refractivity contribution in [3.8, 4) is 11.1 Å². The van der Waals surface area contributed by atoms with E-state index in [4.69, 9.17) is 15.5 Å². The smallest absolute Gasteiger partial charge is 0.315 e. The lowest BCUT2D eigenvalue weighted by atomic mass is 9.96. The van der Waals surface area contributed by atoms with Crippen LogP contribution in [-0.2, 0) is 37.3 Å². The van der Waals surface area contributed by atoms with Crippen LogP contribution >= 0.6 is 0 Å². The molecule has 2 aliphatic rings. The largest absolute Gasteiger partial charge is 0.381 e. The lowest BCUT2D eigenvalue weighted by Crippen LogP contribution is -2.35. The van der Waals surface area contributed by atoms with Crippen LogP contribution in [0.4, 0.5) is 10.5 Å². The number of rotatable bonds is 11. The third-order valence-corrected chi connectivity index (χ3v) is 9.31. The molecular weight excluding hydrogens is 576 g/mol. The average molecular weight is 625 g/mol. The van der Waals surface area contributed by atoms with Crippen LogP contribution in [0.2, 0.25) is 0 Å². The molecule has 2 aromatic carbocycles. The molecule has 0 saturated carbocycles. The Morgan fingerprint density at radius 2 is 1.87 bits per heavy atom. The van der Waals surface area contributed by atoms with E-state index in [0.717, 1.165) is 98.6 Å². The Kier molecular flexibility index (Phi) is 10.2. The first-order valence-electron chi connectivity index (χ1n) is 16.8. The molecule has 2 aromatic heterocycles. The second kappa shape index (κ2) is 14.6. The second-order valence-corrected chi connectivity index (χ2v) is 12.7. The minimum absolute atomic E-state index is 0.212. The van der Waals surface area contributed by atoms with Gasteiger partial charge in [0, 0.05) is 75.8 Å². The number of carbonyl (C=O) groups excluding carboxylic acids is 1. The van der Waals surface area contributed by atoms with Gasteiger partial charge in [0.25, 0.3) is 0 Å². The monoisotopic (exact) mass is 624 g/mol. The summed E-state index contributed by atoms with van der Waals surface area (Å²) < 4.78 is 7.53. The van der Waals surface area contributed by atoms with E-state index in [1.54, 1.807) is 0 Å². The highest BCUT2D eigenvalue weighted by atomic mass is 16.5. The lowest BCUT2D eigenvalue weighted by Gasteiger charge is -2.26. The Labute approximate surface area is 272 Å². The van der Waals surface area contributed by atoms with Gasteiger partial charge in [-0.25, -0.2) is 14.5 Å². The van der Waals surface area contributed by atoms with Crippen molar-refractivity contribution in [2.45, 2.75) is 84.7 Å². The number of urea groups is 1. The van der Waals surface area contributed by atoms with Gasteiger partial charge in [0.15, 0.2) is 5.65 Å². The molecule has 0 aliphatic carbocycles. The summed E-state index contributed by atoms with van der Waals surface area (Å²) in [5.74, 6) is 0. The van der Waals surface area contributed by atoms with Gasteiger partial charge in [0.05, 0.1) is 17.3 Å². The van der Waals surface area contributed by atoms with Gasteiger partial charge < -0.3 is 26.4 Å². The maximum Gasteiger partial charge on any atom is 0.315 e. The van der Waals surface area contributed by atoms with E-state index in [9.17, 15) is 4.79 Å². The SMILES string of the molecule is CCc1nc2c(cnn2CC)c(NC2CCOCC2)c1CNC(=O)NCc1ccc(C)c(-c2cccc(CN3CC[C@H](N)C3)c2)c1. The predicted molar refractivity (Wildman–Crippen MR) is 184 cm³/mol. The van der Waals surface area contributed by atoms with Crippen LogP contribution in [0.15, 0.2) is 48.7 Å². The topological polar surface area (TPSA) is 122 Å². The van der Waals surface area contributed by atoms with Gasteiger partial charge in [0.2, 0.25) is 0 Å². The Hall–Kier alpha value is -3.99. The molecule has 10 heteroatoms. The molecule has 0 bridgehead atoms. The van der Waals surface area contributed by atoms with Crippen LogP contribution in [0, 0.1) is 6.92 Å². The number of hydrogen-bond acceptors (Lipinski definition) is 7. The van der Waals surface area contributed by atoms with Crippen molar-refractivity contribution in [1.29, 1.82) is 0 Å². The summed E-state index contributed by atoms with van der Waals surface area (Å²) in [6.07, 6.45) is 5.59. The fourth-order valence-electron chi connectivity index (χ4n) is 6.71. The van der Waals surface area contributed by atoms with Crippen molar-refractivity contribution in [2.24, 2.45) is 5.73 Å². The van der Waals surface area contributed by atoms with E-state index in [1.165, 1.54) is 22.3 Å². The zero-order chi connectivity index (χ0) is 32.0. The zero-order valence-corrected chi connectivity index (χ0v) is 27.4. The average Bonchev–Trinajstić information content (AvgIpc) is 3.69. The van der Waals surface area contributed by atoms with Crippen molar-refractivity contribution in [3.63, 3.8) is 0 Å². The van der Waals surface area contributed by atoms with E-state index < -0.39 is 0 Å². The molecule has 46 heavy (non-hydrogen) atoms. The standard InChI is InChI=1S/C36H48N8O2/c1-4-33-31(34(41-29-12-15-46-16-13-29)32-21-40-44(5-2)35(32)42-33)20-39-36(45)38-19-25-10-9-24(3)30(18-25)27-8-6-7-26(17-27)22-43-14-11-28(37)23-43/h6-10,17-18,21,28-29H,4-5,11-16,19-20,22-23,37H2,1-3H3,(H,41,42)(H2,38,39,45)/t28-/m0/s1. The quantitative estimate of drug-likeness (QED) is 0.183. The number of carbonyl (C=O) groups is 1. The van der Waals surface area contributed by atoms with Gasteiger partial charge in [-0.05, 0) is 79.5 Å². The molecule has 4 heterocycles. The maximum absolute atomic E-state index is 13.1. The minimum atomic E-state index is -0.212. The first kappa shape index (κ1) is 32.0. The molecule has 0 unspecified atom stereocenters. The summed E-state index contributed by atoms with van der Waals surface area (Å²) in [4.78, 5) is 20.6. The highest BCUT2D eigenvalue weighted by Gasteiger charge is 2.22. The van der Waals surface area contributed by atoms with Crippen LogP contribution in [0.5, 0.6) is 0 Å². The molecule has 6 rings (SSSR count). The molecule has 0 spiro atoms. The number of anilines is 1. The third-order valence-electron chi connectivity index (χ3n) is 9.31. The zero-order valence-electron chi connectivity index (χ0n) is 27.4. The lowest BCUT2D eigenvalue weighted by molar-refractivity contribution is 0.0904. The molecule has 2 aliphatic heterocycles. The fraction of sp³-hybridized carbons (Fsp3) is 0.472. The minimum Gasteiger partial charge on any atom is -0.381 e. The number of nitrogens with zero attached hydrogens (tertiary/aromatic N) is 4. The Morgan fingerprint density at radius 1 is 1.04 bits per heavy atom. The molecular formula is C36H48N8O2. The van der Waals surface area contributed by atoms with Gasteiger partial charge in [-0.15, -0.1) is 0 Å². The van der Waals surface area contributed by atoms with E-state index >= 15 is 0 Å². The van der Waals surface area contributed by atoms with Gasteiger partial charge in [-0.3, -0.25) is 4.90 Å². The van der Waals surface area contributed by atoms with Gasteiger partial charge >= 0.3 is 6.03 Å². The molecule has 2 fully saturated rings. The molecule has 2 amide bonds. The second-order valence-electron chi connectivity index (χ2n) is 12.7. The van der Waals surface area contributed by atoms with Crippen molar-refractivity contribution < 1.29 is 9.53 Å². The number of nitrogens with one attached hydrogen (secondary N) is 3. The Balaban J connectivity index is 1.14. The Morgan fingerprint density at radius 3 is 2.63 bits per heavy atom. The van der Waals surface area contributed by atoms with E-state index in [-0.39, 0.29) is 12.1 Å². The molecule has 244 valence electrons. The molecule has 1 atom stereocenters. The Bertz CT molecular complexity index is 1660. The highest BCUT2D eigenvalue weighted by Crippen LogP contribution is 2.31. The van der Waals surface area contributed by atoms with Crippen LogP contribution < -0.4 is 21.7 Å². The summed E-state index contributed by atoms with van der Waals surface area (Å²) in [7, 11) is 0. The van der Waals surface area contributed by atoms with Crippen LogP contribution in [0.25, 0.3) is 22.2 Å². The maximum atomic E-state index is 13.1. The summed E-state index contributed by atoms with van der Waals surface area (Å²) in [5.41, 5.74) is 15.9. The number of benzene rings is 2. The van der Waals surface area contributed by atoms with Gasteiger partial charge in [-0.2, -0.15) is 5.10 Å². The predicted octanol–water partition coefficient (Wildman–Crippen LogP) is 5.11.